The van der Waals surface area contributed by atoms with Gasteiger partial charge in [0.05, 0.1) is 24.2 Å². The summed E-state index contributed by atoms with van der Waals surface area (Å²) in [5.41, 5.74) is 16.2. The Balaban J connectivity index is 0.000000278. The Bertz CT molecular complexity index is 4020. The summed E-state index contributed by atoms with van der Waals surface area (Å²) in [4.78, 5) is 103. The third kappa shape index (κ3) is 19.5. The summed E-state index contributed by atoms with van der Waals surface area (Å²) in [5.74, 6) is -3.95. The molecule has 22 heteroatoms. The molecule has 0 aliphatic heterocycles. The van der Waals surface area contributed by atoms with E-state index in [1.54, 1.807) is 0 Å². The molecule has 512 valence electrons. The van der Waals surface area contributed by atoms with E-state index in [1.807, 2.05) is 232 Å². The Labute approximate surface area is 576 Å². The number of carbonyl (C=O) groups excluding carboxylic acids is 7. The van der Waals surface area contributed by atoms with Crippen LogP contribution >= 0.6 is 0 Å². The zero-order valence-corrected chi connectivity index (χ0v) is 54.7. The van der Waals surface area contributed by atoms with E-state index in [1.165, 1.54) is 6.08 Å². The van der Waals surface area contributed by atoms with Gasteiger partial charge in [-0.1, -0.05) is 258 Å². The number of carboxylic acid groups (broad SMARTS) is 1. The first-order valence-electron chi connectivity index (χ1n) is 32.5. The van der Waals surface area contributed by atoms with E-state index in [4.69, 9.17) is 19.3 Å². The normalized spacial score (nSPS) is 12.6. The quantitative estimate of drug-likeness (QED) is 0.00727. The lowest BCUT2D eigenvalue weighted by Gasteiger charge is -2.22. The van der Waals surface area contributed by atoms with Crippen molar-refractivity contribution in [2.45, 2.75) is 75.5 Å². The number of carbonyl (C=O) groups is 8. The number of fused-ring (bicyclic) bond motifs is 6. The van der Waals surface area contributed by atoms with Gasteiger partial charge >= 0.3 is 36.2 Å². The van der Waals surface area contributed by atoms with Gasteiger partial charge in [0.25, 0.3) is 11.8 Å². The minimum absolute atomic E-state index is 0. The Morgan fingerprint density at radius 1 is 0.444 bits per heavy atom. The number of nitrogens with one attached hydrogen (secondary N) is 8. The fraction of sp³-hybridized carbons (Fsp3) is 0.221. The molecular weight excluding hydrogens is 1260 g/mol. The summed E-state index contributed by atoms with van der Waals surface area (Å²) in [6.45, 7) is 6.17. The highest BCUT2D eigenvalue weighted by Crippen LogP contribution is 2.46. The molecule has 0 aromatic heterocycles. The van der Waals surface area contributed by atoms with Crippen LogP contribution in [0.1, 0.15) is 111 Å². The molecular formula is C77H82N10O12. The van der Waals surface area contributed by atoms with Crippen LogP contribution in [0, 0.1) is 0 Å². The smallest absolute Gasteiger partial charge is 0.407 e. The van der Waals surface area contributed by atoms with E-state index in [9.17, 15) is 38.4 Å². The molecule has 22 nitrogen and oxygen atoms in total. The summed E-state index contributed by atoms with van der Waals surface area (Å²) in [6.07, 6.45) is 1.45. The number of benzene rings is 8. The van der Waals surface area contributed by atoms with Gasteiger partial charge in [-0.15, -0.1) is 0 Å². The number of carboxylic acids is 1. The molecule has 0 saturated carbocycles. The highest BCUT2D eigenvalue weighted by molar-refractivity contribution is 6.42. The van der Waals surface area contributed by atoms with Crippen molar-refractivity contribution >= 4 is 59.4 Å². The molecule has 10 rings (SSSR count). The largest absolute Gasteiger partial charge is 0.480 e. The molecule has 8 aromatic rings. The number of hydrogen-bond donors (Lipinski definition) is 9. The van der Waals surface area contributed by atoms with Crippen molar-refractivity contribution in [1.82, 2.24) is 42.8 Å². The number of urea groups is 2. The highest BCUT2D eigenvalue weighted by atomic mass is 16.6. The van der Waals surface area contributed by atoms with Gasteiger partial charge in [-0.05, 0) is 79.6 Å². The molecule has 0 saturated heterocycles. The molecule has 0 unspecified atom stereocenters. The molecule has 2 aliphatic rings. The molecule has 0 radical (unpaired) electrons. The maximum absolute atomic E-state index is 13.5. The van der Waals surface area contributed by atoms with Crippen molar-refractivity contribution in [3.63, 3.8) is 0 Å². The lowest BCUT2D eigenvalue weighted by molar-refractivity contribution is -0.142. The monoisotopic (exact) mass is 1340 g/mol. The summed E-state index contributed by atoms with van der Waals surface area (Å²) in [5, 5.41) is 33.4. The van der Waals surface area contributed by atoms with Gasteiger partial charge in [-0.3, -0.25) is 19.2 Å². The van der Waals surface area contributed by atoms with Crippen molar-refractivity contribution in [3.8, 4) is 22.3 Å². The van der Waals surface area contributed by atoms with Crippen LogP contribution in [-0.2, 0) is 33.4 Å². The number of alkyl carbamates (subject to hydrolysis) is 2. The first-order chi connectivity index (χ1) is 48.2. The van der Waals surface area contributed by atoms with Crippen LogP contribution in [0.5, 0.6) is 0 Å². The summed E-state index contributed by atoms with van der Waals surface area (Å²) < 4.78 is 16.4. The zero-order valence-electron chi connectivity index (χ0n) is 54.7. The predicted molar refractivity (Wildman–Crippen MR) is 380 cm³/mol. The summed E-state index contributed by atoms with van der Waals surface area (Å²) in [6, 6.07) is 65.0. The molecule has 8 aromatic carbocycles. The van der Waals surface area contributed by atoms with E-state index in [2.05, 4.69) is 59.5 Å². The molecule has 0 fully saturated rings. The first kappa shape index (κ1) is 71.1. The summed E-state index contributed by atoms with van der Waals surface area (Å²) >= 11 is 0. The number of ether oxygens (including phenoxy) is 3. The molecule has 8 amide bonds. The number of hydrazone groups is 2. The second kappa shape index (κ2) is 36.1. The standard InChI is InChI=1S/C40H41N5O6.C37H37N5O6.2H2/c1-3-15-34(42-40(49)51-26-33-31-22-13-11-20-29(31)30-21-12-14-23-32(30)33)37(38(47)41-25-35(46)50-24-4-2)44-45-39(48)43-36(27-16-7-5-8-17-27)28-18-9-6-10-19-28;1-2-13-31(39-37(47)48-23-30-28-20-11-9-18-26(28)27-19-10-12-21-29(27)30)34(35(45)38-22-32(43)44)41-42-36(46)40-33(24-14-5-3-6-15-24)25-16-7-4-8-17-25;;/h4-14,16-23,33-34,36H,2-3,15,24-26H2,1H3,(H,41,47)(H,42,49)(H2,43,45,48);3-12,14-21,30-31,33H,2,13,22-23H2,1H3,(H,38,45)(H,39,47)(H,43,44)(H2,40,42,46);2*1H/t34-;31-;;/m00../s1. The van der Waals surface area contributed by atoms with Gasteiger partial charge < -0.3 is 51.2 Å². The number of esters is 1. The van der Waals surface area contributed by atoms with Crippen LogP contribution in [0.15, 0.2) is 241 Å². The average molecular weight is 1340 g/mol. The van der Waals surface area contributed by atoms with Gasteiger partial charge in [0, 0.05) is 14.7 Å². The molecule has 0 spiro atoms. The highest BCUT2D eigenvalue weighted by Gasteiger charge is 2.34. The van der Waals surface area contributed by atoms with Gasteiger partial charge in [-0.25, -0.2) is 30.0 Å². The third-order valence-electron chi connectivity index (χ3n) is 16.3. The maximum atomic E-state index is 13.5. The van der Waals surface area contributed by atoms with E-state index in [0.29, 0.717) is 12.8 Å². The van der Waals surface area contributed by atoms with Crippen molar-refractivity contribution in [2.24, 2.45) is 10.2 Å². The van der Waals surface area contributed by atoms with Crippen LogP contribution < -0.4 is 42.8 Å². The van der Waals surface area contributed by atoms with Crippen molar-refractivity contribution in [1.29, 1.82) is 0 Å². The molecule has 2 atom stereocenters. The number of aliphatic carboxylic acids is 1. The second-order valence-corrected chi connectivity index (χ2v) is 23.0. The first-order valence-corrected chi connectivity index (χ1v) is 32.5. The lowest BCUT2D eigenvalue weighted by Crippen LogP contribution is -2.50. The molecule has 9 N–H and O–H groups in total. The lowest BCUT2D eigenvalue weighted by atomic mass is 9.98. The molecule has 0 bridgehead atoms. The SMILES string of the molecule is C=CCOC(=O)CNC(=O)C(=NNC(=O)NC(c1ccccc1)c1ccccc1)[C@H](CCC)NC(=O)OCC1c2ccccc2-c2ccccc21.CCC[C@H](NC(=O)OCC1c2ccccc2-c2ccccc21)C(=NNC(=O)NC(c1ccccc1)c1ccccc1)C(=O)NCC(=O)O.[HH].[HH]. The number of amides is 8. The van der Waals surface area contributed by atoms with Gasteiger partial charge in [0.2, 0.25) is 0 Å². The van der Waals surface area contributed by atoms with E-state index in [-0.39, 0.29) is 58.8 Å². The Hall–Kier alpha value is -12.2. The number of nitrogens with zero attached hydrogens (tertiary/aromatic N) is 2. The molecule has 2 aliphatic carbocycles. The Morgan fingerprint density at radius 3 is 1.07 bits per heavy atom. The van der Waals surface area contributed by atoms with Gasteiger partial charge in [-0.2, -0.15) is 10.2 Å². The minimum atomic E-state index is -1.27. The van der Waals surface area contributed by atoms with Gasteiger partial charge in [0.1, 0.15) is 44.3 Å². The molecule has 99 heavy (non-hydrogen) atoms. The van der Waals surface area contributed by atoms with Crippen LogP contribution in [0.25, 0.3) is 22.3 Å². The van der Waals surface area contributed by atoms with Crippen LogP contribution in [-0.4, -0.2) is 110 Å². The van der Waals surface area contributed by atoms with Crippen LogP contribution in [0.4, 0.5) is 19.2 Å². The second-order valence-electron chi connectivity index (χ2n) is 23.0. The number of hydrogen-bond acceptors (Lipinski definition) is 13. The van der Waals surface area contributed by atoms with Crippen molar-refractivity contribution in [2.75, 3.05) is 32.9 Å². The topological polar surface area (TPSA) is 305 Å². The fourth-order valence-electron chi connectivity index (χ4n) is 11.8. The van der Waals surface area contributed by atoms with Crippen molar-refractivity contribution < 1.29 is 60.5 Å². The van der Waals surface area contributed by atoms with E-state index >= 15 is 0 Å². The van der Waals surface area contributed by atoms with Crippen LogP contribution in [0.3, 0.4) is 0 Å². The minimum Gasteiger partial charge on any atom is -0.480 e. The maximum Gasteiger partial charge on any atom is 0.407 e. The van der Waals surface area contributed by atoms with Gasteiger partial charge in [0.15, 0.2) is 0 Å². The average Bonchev–Trinajstić information content (AvgIpc) is 1.63. The number of rotatable bonds is 28. The fourth-order valence-corrected chi connectivity index (χ4v) is 11.8. The predicted octanol–water partition coefficient (Wildman–Crippen LogP) is 11.8. The Morgan fingerprint density at radius 2 is 0.758 bits per heavy atom. The van der Waals surface area contributed by atoms with E-state index < -0.39 is 85.3 Å². The summed E-state index contributed by atoms with van der Waals surface area (Å²) in [7, 11) is 0. The van der Waals surface area contributed by atoms with E-state index in [0.717, 1.165) is 66.8 Å². The third-order valence-corrected chi connectivity index (χ3v) is 16.3. The van der Waals surface area contributed by atoms with Crippen molar-refractivity contribution in [3.05, 3.63) is 276 Å². The zero-order chi connectivity index (χ0) is 69.9. The molecule has 0 heterocycles. The van der Waals surface area contributed by atoms with Crippen LogP contribution in [0.2, 0.25) is 0 Å². The Kier molecular flexibility index (Phi) is 25.9.